The molecule has 1 aromatic carbocycles. The van der Waals surface area contributed by atoms with Crippen LogP contribution in [-0.4, -0.2) is 24.5 Å². The van der Waals surface area contributed by atoms with Gasteiger partial charge in [-0.2, -0.15) is 0 Å². The number of carbonyl (C=O) groups is 3. The smallest absolute Gasteiger partial charge is 0.305 e. The molecule has 6 heteroatoms. The minimum atomic E-state index is -1.44. The number of hydrogen-bond acceptors (Lipinski definition) is 5. The molecular weight excluding hydrogens is 406 g/mol. The highest BCUT2D eigenvalue weighted by atomic mass is 16.6. The molecule has 1 amide bonds. The predicted octanol–water partition coefficient (Wildman–Crippen LogP) is 4.98. The molecule has 0 aromatic heterocycles. The van der Waals surface area contributed by atoms with Crippen molar-refractivity contribution in [3.63, 3.8) is 0 Å². The lowest BCUT2D eigenvalue weighted by Crippen LogP contribution is -2.49. The van der Waals surface area contributed by atoms with Gasteiger partial charge in [-0.3, -0.25) is 14.4 Å². The van der Waals surface area contributed by atoms with Gasteiger partial charge in [0.25, 0.3) is 0 Å². The van der Waals surface area contributed by atoms with Crippen molar-refractivity contribution in [2.24, 2.45) is 0 Å². The van der Waals surface area contributed by atoms with Crippen molar-refractivity contribution in [1.82, 2.24) is 5.32 Å². The van der Waals surface area contributed by atoms with Gasteiger partial charge in [0.15, 0.2) is 0 Å². The molecule has 1 rings (SSSR count). The Hall–Kier alpha value is -2.81. The van der Waals surface area contributed by atoms with E-state index in [0.29, 0.717) is 5.56 Å². The Kier molecular flexibility index (Phi) is 12.8. The van der Waals surface area contributed by atoms with E-state index in [2.05, 4.69) is 24.1 Å². The maximum atomic E-state index is 11.9. The summed E-state index contributed by atoms with van der Waals surface area (Å²) in [6, 6.07) is 7.23. The minimum Gasteiger partial charge on any atom is -0.466 e. The summed E-state index contributed by atoms with van der Waals surface area (Å²) < 4.78 is 10.6. The first-order valence-electron chi connectivity index (χ1n) is 11.5. The number of esters is 2. The Morgan fingerprint density at radius 3 is 2.28 bits per heavy atom. The molecule has 176 valence electrons. The molecule has 0 aliphatic carbocycles. The van der Waals surface area contributed by atoms with E-state index in [1.54, 1.807) is 18.2 Å². The normalized spacial score (nSPS) is 12.1. The maximum absolute atomic E-state index is 11.9. The van der Waals surface area contributed by atoms with E-state index in [9.17, 15) is 14.4 Å². The highest BCUT2D eigenvalue weighted by Gasteiger charge is 2.37. The lowest BCUT2D eigenvalue weighted by molar-refractivity contribution is -0.168. The van der Waals surface area contributed by atoms with E-state index in [1.165, 1.54) is 59.3 Å². The summed E-state index contributed by atoms with van der Waals surface area (Å²) in [5.74, 6) is 4.99. The monoisotopic (exact) mass is 443 g/mol. The van der Waals surface area contributed by atoms with E-state index >= 15 is 0 Å². The van der Waals surface area contributed by atoms with Crippen molar-refractivity contribution in [3.8, 4) is 11.8 Å². The van der Waals surface area contributed by atoms with E-state index < -0.39 is 17.7 Å². The Labute approximate surface area is 192 Å². The van der Waals surface area contributed by atoms with Gasteiger partial charge in [-0.05, 0) is 18.6 Å². The van der Waals surface area contributed by atoms with Crippen LogP contribution in [-0.2, 0) is 29.6 Å². The Morgan fingerprint density at radius 2 is 1.66 bits per heavy atom. The fourth-order valence-corrected chi connectivity index (χ4v) is 3.47. The van der Waals surface area contributed by atoms with Gasteiger partial charge in [-0.15, -0.1) is 0 Å². The molecule has 0 radical (unpaired) electrons. The molecule has 0 saturated carbocycles. The van der Waals surface area contributed by atoms with E-state index in [-0.39, 0.29) is 18.9 Å². The first-order valence-corrected chi connectivity index (χ1v) is 11.5. The fourth-order valence-electron chi connectivity index (χ4n) is 3.47. The summed E-state index contributed by atoms with van der Waals surface area (Å²) in [5, 5.41) is 2.73. The number of unbranched alkanes of at least 4 members (excludes halogenated alkanes) is 7. The molecule has 0 heterocycles. The summed E-state index contributed by atoms with van der Waals surface area (Å²) in [7, 11) is 0. The topological polar surface area (TPSA) is 81.7 Å². The molecule has 32 heavy (non-hydrogen) atoms. The zero-order valence-corrected chi connectivity index (χ0v) is 19.9. The molecule has 6 nitrogen and oxygen atoms in total. The number of ether oxygens (including phenoxy) is 2. The Bertz CT molecular complexity index is 790. The highest BCUT2D eigenvalue weighted by Crippen LogP contribution is 2.28. The van der Waals surface area contributed by atoms with Crippen LogP contribution in [0.25, 0.3) is 0 Å². The molecule has 0 fully saturated rings. The first-order chi connectivity index (χ1) is 15.3. The molecular formula is C26H37NO5. The van der Waals surface area contributed by atoms with Gasteiger partial charge >= 0.3 is 11.9 Å². The average Bonchev–Trinajstić information content (AvgIpc) is 2.71. The third-order valence-electron chi connectivity index (χ3n) is 4.92. The third-order valence-corrected chi connectivity index (χ3v) is 4.92. The van der Waals surface area contributed by atoms with Gasteiger partial charge in [0.1, 0.15) is 0 Å². The fraction of sp³-hybridized carbons (Fsp3) is 0.577. The summed E-state index contributed by atoms with van der Waals surface area (Å²) in [5.41, 5.74) is -0.110. The Morgan fingerprint density at radius 1 is 0.969 bits per heavy atom. The predicted molar refractivity (Wildman–Crippen MR) is 124 cm³/mol. The van der Waals surface area contributed by atoms with Crippen LogP contribution in [0.15, 0.2) is 24.3 Å². The van der Waals surface area contributed by atoms with Crippen LogP contribution in [0.1, 0.15) is 96.6 Å². The second kappa shape index (κ2) is 15.1. The quantitative estimate of drug-likeness (QED) is 0.201. The lowest BCUT2D eigenvalue weighted by Gasteiger charge is -2.34. The second-order valence-corrected chi connectivity index (χ2v) is 7.95. The number of benzene rings is 1. The molecule has 0 spiro atoms. The van der Waals surface area contributed by atoms with Crippen LogP contribution >= 0.6 is 0 Å². The third kappa shape index (κ3) is 11.0. The van der Waals surface area contributed by atoms with Crippen LogP contribution in [0.3, 0.4) is 0 Å². The molecule has 1 N–H and O–H groups in total. The van der Waals surface area contributed by atoms with Crippen LogP contribution in [0.2, 0.25) is 0 Å². The zero-order chi connectivity index (χ0) is 23.8. The van der Waals surface area contributed by atoms with Crippen LogP contribution in [0, 0.1) is 11.8 Å². The summed E-state index contributed by atoms with van der Waals surface area (Å²) in [6.07, 6.45) is 9.59. The standard InChI is InChI=1S/C26H37NO5/c1-5-6-7-8-9-10-11-12-13-15-24-16-14-17-25(20-24)26(27-21(2)28,32-23(4)30)18-19-31-22(3)29/h14,16-17,20H,5-12,18-19H2,1-4H3,(H,27,28). The van der Waals surface area contributed by atoms with Crippen molar-refractivity contribution in [2.75, 3.05) is 6.61 Å². The van der Waals surface area contributed by atoms with E-state index in [4.69, 9.17) is 9.47 Å². The van der Waals surface area contributed by atoms with Gasteiger partial charge in [0.05, 0.1) is 6.61 Å². The van der Waals surface area contributed by atoms with Crippen LogP contribution in [0.5, 0.6) is 0 Å². The summed E-state index contributed by atoms with van der Waals surface area (Å²) in [6.45, 7) is 6.12. The highest BCUT2D eigenvalue weighted by molar-refractivity contribution is 5.75. The Balaban J connectivity index is 2.91. The lowest BCUT2D eigenvalue weighted by atomic mass is 9.96. The first kappa shape index (κ1) is 27.2. The molecule has 1 unspecified atom stereocenters. The molecule has 0 aliphatic rings. The maximum Gasteiger partial charge on any atom is 0.305 e. The summed E-state index contributed by atoms with van der Waals surface area (Å²) >= 11 is 0. The second-order valence-electron chi connectivity index (χ2n) is 7.95. The zero-order valence-electron chi connectivity index (χ0n) is 19.9. The number of amides is 1. The average molecular weight is 444 g/mol. The van der Waals surface area contributed by atoms with Crippen LogP contribution < -0.4 is 5.32 Å². The van der Waals surface area contributed by atoms with Crippen molar-refractivity contribution < 1.29 is 23.9 Å². The SMILES string of the molecule is CCCCCCCCCC#Cc1cccc(C(CCOC(C)=O)(NC(C)=O)OC(C)=O)c1. The van der Waals surface area contributed by atoms with Gasteiger partial charge in [-0.25, -0.2) is 0 Å². The summed E-state index contributed by atoms with van der Waals surface area (Å²) in [4.78, 5) is 34.9. The molecule has 0 saturated heterocycles. The minimum absolute atomic E-state index is 0.0168. The van der Waals surface area contributed by atoms with Gasteiger partial charge < -0.3 is 14.8 Å². The molecule has 0 bridgehead atoms. The number of carbonyl (C=O) groups excluding carboxylic acids is 3. The van der Waals surface area contributed by atoms with Crippen molar-refractivity contribution in [2.45, 2.75) is 91.2 Å². The molecule has 1 aromatic rings. The van der Waals surface area contributed by atoms with Gasteiger partial charge in [0.2, 0.25) is 11.6 Å². The number of hydrogen-bond donors (Lipinski definition) is 1. The molecule has 0 aliphatic heterocycles. The number of rotatable bonds is 13. The van der Waals surface area contributed by atoms with Gasteiger partial charge in [-0.1, -0.05) is 69.4 Å². The van der Waals surface area contributed by atoms with Gasteiger partial charge in [0, 0.05) is 44.7 Å². The largest absolute Gasteiger partial charge is 0.466 e. The molecule has 1 atom stereocenters. The number of nitrogens with one attached hydrogen (secondary N) is 1. The van der Waals surface area contributed by atoms with Crippen molar-refractivity contribution >= 4 is 17.8 Å². The van der Waals surface area contributed by atoms with E-state index in [0.717, 1.165) is 18.4 Å². The van der Waals surface area contributed by atoms with Crippen molar-refractivity contribution in [3.05, 3.63) is 35.4 Å². The van der Waals surface area contributed by atoms with Crippen molar-refractivity contribution in [1.29, 1.82) is 0 Å². The van der Waals surface area contributed by atoms with E-state index in [1.807, 2.05) is 6.07 Å². The van der Waals surface area contributed by atoms with Crippen LogP contribution in [0.4, 0.5) is 0 Å².